The molecule has 3 aromatic rings. The molecular weight excluding hydrogens is 1160 g/mol. The van der Waals surface area contributed by atoms with Gasteiger partial charge < -0.3 is 30.1 Å². The van der Waals surface area contributed by atoms with Crippen molar-refractivity contribution in [3.05, 3.63) is 101 Å². The molecule has 0 aromatic heterocycles. The molecule has 3 aromatic carbocycles. The molecule has 93 heavy (non-hydrogen) atoms. The van der Waals surface area contributed by atoms with E-state index in [0.29, 0.717) is 65.9 Å². The molecule has 3 saturated carbocycles. The Morgan fingerprint density at radius 3 is 1.65 bits per heavy atom. The van der Waals surface area contributed by atoms with Gasteiger partial charge in [0, 0.05) is 42.7 Å². The minimum absolute atomic E-state index is 0.0213. The number of amides is 4. The fraction of sp³-hybridized carbons (Fsp3) is 0.662. The Kier molecular flexibility index (Phi) is 22.2. The van der Waals surface area contributed by atoms with E-state index < -0.39 is 11.3 Å². The summed E-state index contributed by atoms with van der Waals surface area (Å²) in [5.74, 6) is 4.38. The Balaban J connectivity index is 0.000000219. The lowest BCUT2D eigenvalue weighted by molar-refractivity contribution is -0.135. The number of hydrogen-bond donors (Lipinski definition) is 2. The minimum atomic E-state index is -0.631. The molecule has 2 spiro atoms. The van der Waals surface area contributed by atoms with Gasteiger partial charge in [-0.15, -0.1) is 5.11 Å². The Labute approximate surface area is 556 Å². The molecule has 4 atom stereocenters. The van der Waals surface area contributed by atoms with Gasteiger partial charge >= 0.3 is 0 Å². The Hall–Kier alpha value is -6.58. The van der Waals surface area contributed by atoms with Crippen LogP contribution in [0.25, 0.3) is 0 Å². The molecule has 0 radical (unpaired) electrons. The summed E-state index contributed by atoms with van der Waals surface area (Å²) in [7, 11) is 0. The summed E-state index contributed by atoms with van der Waals surface area (Å²) in [6, 6.07) is 23.0. The number of carbonyl (C=O) groups excluding carboxylic acids is 5. The van der Waals surface area contributed by atoms with E-state index in [4.69, 9.17) is 14.7 Å². The van der Waals surface area contributed by atoms with Crippen LogP contribution in [0.1, 0.15) is 269 Å². The van der Waals surface area contributed by atoms with Gasteiger partial charge in [0.05, 0.1) is 24.7 Å². The number of fused-ring (bicyclic) bond motifs is 1. The van der Waals surface area contributed by atoms with Crippen LogP contribution in [0, 0.1) is 45.3 Å². The topological polar surface area (TPSA) is 190 Å². The van der Waals surface area contributed by atoms with E-state index in [2.05, 4.69) is 136 Å². The Bertz CT molecular complexity index is 3250. The van der Waals surface area contributed by atoms with Crippen molar-refractivity contribution in [1.29, 1.82) is 0 Å². The average molecular weight is 1270 g/mol. The molecule has 4 heterocycles. The number of nitrogens with one attached hydrogen (secondary N) is 2. The number of Topliss-reactive ketones (excluding diaryl/α,β-unsaturated/α-hetero) is 1. The highest BCUT2D eigenvalue weighted by Gasteiger charge is 2.56. The van der Waals surface area contributed by atoms with Crippen LogP contribution in [0.4, 0.5) is 0 Å². The number of aliphatic imine (C=N–C) groups is 3. The lowest BCUT2D eigenvalue weighted by atomic mass is 9.69. The van der Waals surface area contributed by atoms with Gasteiger partial charge in [0.1, 0.15) is 28.6 Å². The van der Waals surface area contributed by atoms with Gasteiger partial charge in [-0.25, -0.2) is 9.98 Å². The van der Waals surface area contributed by atoms with Crippen molar-refractivity contribution in [3.63, 3.8) is 0 Å². The van der Waals surface area contributed by atoms with Crippen molar-refractivity contribution in [2.75, 3.05) is 32.8 Å². The van der Waals surface area contributed by atoms with Crippen molar-refractivity contribution in [2.45, 2.75) is 249 Å². The van der Waals surface area contributed by atoms with E-state index in [0.717, 1.165) is 118 Å². The molecule has 2 N–H and O–H groups in total. The van der Waals surface area contributed by atoms with Crippen molar-refractivity contribution < 1.29 is 28.7 Å². The lowest BCUT2D eigenvalue weighted by Gasteiger charge is -2.47. The molecule has 3 aliphatic carbocycles. The van der Waals surface area contributed by atoms with Crippen molar-refractivity contribution >= 4 is 46.8 Å². The molecule has 4 fully saturated rings. The van der Waals surface area contributed by atoms with Crippen LogP contribution in [-0.4, -0.2) is 112 Å². The number of ketones is 1. The molecule has 1 saturated heterocycles. The highest BCUT2D eigenvalue weighted by atomic mass is 16.5. The molecule has 7 aliphatic rings. The molecule has 4 aliphatic heterocycles. The minimum Gasteiger partial charge on any atom is -0.491 e. The normalized spacial score (nSPS) is 24.9. The number of ether oxygens (including phenoxy) is 1. The second-order valence-corrected chi connectivity index (χ2v) is 33.0. The summed E-state index contributed by atoms with van der Waals surface area (Å²) in [5.41, 5.74) is 3.95. The third kappa shape index (κ3) is 17.7. The van der Waals surface area contributed by atoms with E-state index >= 15 is 0 Å². The predicted octanol–water partition coefficient (Wildman–Crippen LogP) is 16.1. The average Bonchev–Trinajstić information content (AvgIpc) is 1.61. The first-order valence-corrected chi connectivity index (χ1v) is 35.4. The van der Waals surface area contributed by atoms with Crippen molar-refractivity contribution in [1.82, 2.24) is 25.3 Å². The van der Waals surface area contributed by atoms with E-state index in [9.17, 15) is 24.0 Å². The molecule has 506 valence electrons. The first-order chi connectivity index (χ1) is 43.8. The number of nitrogens with zero attached hydrogens (tertiary/aromatic N) is 8. The van der Waals surface area contributed by atoms with Crippen LogP contribution in [-0.2, 0) is 14.4 Å². The van der Waals surface area contributed by atoms with Gasteiger partial charge in [-0.2, -0.15) is 5.11 Å². The lowest BCUT2D eigenvalue weighted by Crippen LogP contribution is -2.53. The van der Waals surface area contributed by atoms with Gasteiger partial charge in [0.25, 0.3) is 23.6 Å². The Morgan fingerprint density at radius 1 is 0.634 bits per heavy atom. The largest absolute Gasteiger partial charge is 0.491 e. The maximum Gasteiger partial charge on any atom is 0.291 e. The highest BCUT2D eigenvalue weighted by molar-refractivity contribution is 6.47. The predicted molar refractivity (Wildman–Crippen MR) is 373 cm³/mol. The number of hydrogen-bond acceptors (Lipinski definition) is 12. The number of azo groups is 1. The number of piperidine rings is 1. The summed E-state index contributed by atoms with van der Waals surface area (Å²) >= 11 is 0. The molecule has 10 rings (SSSR count). The second-order valence-electron chi connectivity index (χ2n) is 33.0. The standard InChI is InChI=1S/C39H55N3O4.C38H57N7O2/c1-26(2)46-32-12-10-11-30(25-32)34-36(45)42(39(41-34)22-17-31(18-23-39)38(7,8)9)33(19-21-37(4,5)6)28-13-15-29(16-14-28)35(44)40-24-20-27(3)43;1-36(2,3)19-17-31(27-11-13-28(14-12-27)34(46)39-23-32-40-25-41-43-32)45-35(47)33(44-22-18-26-9-7-8-10-29(26)24-44)42-38(45)20-15-30(16-21-38)37(4,5)6/h10-16,25-26,31,33H,17-24H2,1-9H3,(H,40,44);11-14,26,29-31H,7-10,15-25H2,1-6H3,(H,39,46)/t31?,33-,39?;26?,29?,30?,31-,38?/m11/s1. The van der Waals surface area contributed by atoms with E-state index in [1.807, 2.05) is 74.5 Å². The third-order valence-corrected chi connectivity index (χ3v) is 21.2. The van der Waals surface area contributed by atoms with Crippen molar-refractivity contribution in [2.24, 2.45) is 70.5 Å². The molecule has 2 unspecified atom stereocenters. The van der Waals surface area contributed by atoms with Gasteiger partial charge in [0.15, 0.2) is 18.3 Å². The second kappa shape index (κ2) is 29.2. The summed E-state index contributed by atoms with van der Waals surface area (Å²) in [4.78, 5) is 88.6. The SMILES string of the molecule is CC(=O)CCNC(=O)c1ccc([C@@H](CCC(C)(C)C)N2C(=O)C(c3cccc(OC(C)C)c3)=NC23CCC(C(C)(C)C)CC3)cc1.CC(C)(C)CC[C@H](c1ccc(C(=O)NCC2=NCN=N2)cc1)N1C(=O)C(N2CCC3CCCCC3C2)=NC12CCC(C(C)(C)C)CC2. The first kappa shape index (κ1) is 70.7. The van der Waals surface area contributed by atoms with Crippen LogP contribution < -0.4 is 15.4 Å². The third-order valence-electron chi connectivity index (χ3n) is 21.2. The number of likely N-dealkylation sites (tertiary alicyclic amines) is 1. The zero-order chi connectivity index (χ0) is 67.3. The van der Waals surface area contributed by atoms with Gasteiger partial charge in [-0.3, -0.25) is 29.0 Å². The van der Waals surface area contributed by atoms with Crippen LogP contribution in [0.2, 0.25) is 0 Å². The summed E-state index contributed by atoms with van der Waals surface area (Å²) in [6.07, 6.45) is 17.9. The highest BCUT2D eigenvalue weighted by Crippen LogP contribution is 2.53. The smallest absolute Gasteiger partial charge is 0.291 e. The van der Waals surface area contributed by atoms with Crippen LogP contribution in [0.15, 0.2) is 98.0 Å². The zero-order valence-corrected chi connectivity index (χ0v) is 59.3. The first-order valence-electron chi connectivity index (χ1n) is 35.4. The summed E-state index contributed by atoms with van der Waals surface area (Å²) < 4.78 is 6.00. The van der Waals surface area contributed by atoms with Crippen LogP contribution in [0.3, 0.4) is 0 Å². The molecular formula is C77H112N10O6. The quantitative estimate of drug-likeness (QED) is 0.127. The fourth-order valence-corrected chi connectivity index (χ4v) is 15.7. The summed E-state index contributed by atoms with van der Waals surface area (Å²) in [6.45, 7) is 35.8. The maximum absolute atomic E-state index is 14.9. The molecule has 16 nitrogen and oxygen atoms in total. The van der Waals surface area contributed by atoms with Crippen LogP contribution >= 0.6 is 0 Å². The fourth-order valence-electron chi connectivity index (χ4n) is 15.7. The number of benzene rings is 3. The van der Waals surface area contributed by atoms with E-state index in [-0.39, 0.29) is 75.8 Å². The molecule has 16 heteroatoms. The zero-order valence-electron chi connectivity index (χ0n) is 59.3. The van der Waals surface area contributed by atoms with Gasteiger partial charge in [0.2, 0.25) is 0 Å². The summed E-state index contributed by atoms with van der Waals surface area (Å²) in [5, 5.41) is 13.6. The molecule has 0 bridgehead atoms. The number of rotatable bonds is 18. The maximum atomic E-state index is 14.9. The van der Waals surface area contributed by atoms with E-state index in [1.54, 1.807) is 0 Å². The number of carbonyl (C=O) groups is 5. The Morgan fingerprint density at radius 2 is 1.15 bits per heavy atom. The van der Waals surface area contributed by atoms with E-state index in [1.165, 1.54) is 39.0 Å². The van der Waals surface area contributed by atoms with Gasteiger partial charge in [-0.05, 0) is 204 Å². The van der Waals surface area contributed by atoms with Crippen LogP contribution in [0.5, 0.6) is 5.75 Å². The monoisotopic (exact) mass is 1270 g/mol. The van der Waals surface area contributed by atoms with Gasteiger partial charge in [-0.1, -0.05) is 139 Å². The molecule has 4 amide bonds. The van der Waals surface area contributed by atoms with Crippen molar-refractivity contribution in [3.8, 4) is 5.75 Å². The number of amidine groups is 2.